The Morgan fingerprint density at radius 3 is 2.45 bits per heavy atom. The third-order valence-corrected chi connectivity index (χ3v) is 4.05. The van der Waals surface area contributed by atoms with E-state index in [9.17, 15) is 9.90 Å². The lowest BCUT2D eigenvalue weighted by molar-refractivity contribution is 0.0949. The van der Waals surface area contributed by atoms with Gasteiger partial charge in [-0.25, -0.2) is 4.79 Å². The number of carbonyl (C=O) groups excluding carboxylic acids is 1. The van der Waals surface area contributed by atoms with Crippen molar-refractivity contribution in [3.8, 4) is 0 Å². The average Bonchev–Trinajstić information content (AvgIpc) is 3.07. The number of aliphatic hydroxyl groups is 1. The Balaban J connectivity index is 0.000000956. The maximum Gasteiger partial charge on any atom is 0.409 e. The number of ether oxygens (including phenoxy) is 1. The van der Waals surface area contributed by atoms with E-state index in [0.29, 0.717) is 12.5 Å². The molecular formula is C15H30N2O3. The van der Waals surface area contributed by atoms with Crippen LogP contribution in [0.5, 0.6) is 0 Å². The van der Waals surface area contributed by atoms with Crippen LogP contribution in [0.1, 0.15) is 40.0 Å². The number of likely N-dealkylation sites (tertiary alicyclic amines) is 2. The van der Waals surface area contributed by atoms with E-state index >= 15 is 0 Å². The van der Waals surface area contributed by atoms with Gasteiger partial charge in [0, 0.05) is 31.6 Å². The number of hydrogen-bond donors (Lipinski definition) is 1. The summed E-state index contributed by atoms with van der Waals surface area (Å²) in [4.78, 5) is 15.7. The van der Waals surface area contributed by atoms with Gasteiger partial charge in [-0.3, -0.25) is 0 Å². The van der Waals surface area contributed by atoms with E-state index < -0.39 is 0 Å². The molecule has 0 aromatic rings. The van der Waals surface area contributed by atoms with Gasteiger partial charge in [0.15, 0.2) is 0 Å². The summed E-state index contributed by atoms with van der Waals surface area (Å²) in [5.41, 5.74) is 0. The lowest BCUT2D eigenvalue weighted by Gasteiger charge is -2.21. The maximum atomic E-state index is 11.7. The van der Waals surface area contributed by atoms with Crippen molar-refractivity contribution in [3.05, 3.63) is 0 Å². The van der Waals surface area contributed by atoms with Gasteiger partial charge in [0.25, 0.3) is 0 Å². The molecule has 0 unspecified atom stereocenters. The van der Waals surface area contributed by atoms with Crippen molar-refractivity contribution < 1.29 is 14.6 Å². The predicted octanol–water partition coefficient (Wildman–Crippen LogP) is 1.95. The van der Waals surface area contributed by atoms with Crippen LogP contribution in [0.3, 0.4) is 0 Å². The van der Waals surface area contributed by atoms with E-state index in [4.69, 9.17) is 4.74 Å². The van der Waals surface area contributed by atoms with Crippen LogP contribution in [0.2, 0.25) is 0 Å². The Labute approximate surface area is 122 Å². The molecule has 2 saturated heterocycles. The van der Waals surface area contributed by atoms with Crippen LogP contribution in [0.4, 0.5) is 4.79 Å². The fraction of sp³-hybridized carbons (Fsp3) is 0.933. The summed E-state index contributed by atoms with van der Waals surface area (Å²) in [7, 11) is 2.01. The molecule has 5 nitrogen and oxygen atoms in total. The van der Waals surface area contributed by atoms with E-state index in [1.165, 1.54) is 0 Å². The maximum absolute atomic E-state index is 11.7. The smallest absolute Gasteiger partial charge is 0.409 e. The van der Waals surface area contributed by atoms with Gasteiger partial charge in [0.05, 0.1) is 12.7 Å². The third kappa shape index (κ3) is 4.63. The molecule has 0 aromatic carbocycles. The molecule has 0 aromatic heterocycles. The van der Waals surface area contributed by atoms with E-state index in [2.05, 4.69) is 4.90 Å². The standard InChI is InChI=1S/C13H24N2O3.C2H6/c1-10(16)12-7-11(8-14(12)2)9-18-13(17)15-5-3-4-6-15;1-2/h10-12,16H,3-9H2,1-2H3;1-2H3/t10-,11-,12-;/m0./s1. The highest BCUT2D eigenvalue weighted by atomic mass is 16.6. The highest BCUT2D eigenvalue weighted by Crippen LogP contribution is 2.24. The zero-order valence-corrected chi connectivity index (χ0v) is 13.3. The Hall–Kier alpha value is -0.810. The number of amides is 1. The van der Waals surface area contributed by atoms with Gasteiger partial charge in [-0.2, -0.15) is 0 Å². The van der Waals surface area contributed by atoms with E-state index in [1.807, 2.05) is 27.8 Å². The van der Waals surface area contributed by atoms with Crippen molar-refractivity contribution in [2.24, 2.45) is 5.92 Å². The van der Waals surface area contributed by atoms with Crippen LogP contribution >= 0.6 is 0 Å². The number of likely N-dealkylation sites (N-methyl/N-ethyl adjacent to an activating group) is 1. The quantitative estimate of drug-likeness (QED) is 0.861. The highest BCUT2D eigenvalue weighted by Gasteiger charge is 2.33. The molecule has 0 radical (unpaired) electrons. The zero-order chi connectivity index (χ0) is 15.1. The van der Waals surface area contributed by atoms with Crippen molar-refractivity contribution >= 4 is 6.09 Å². The SMILES string of the molecule is CC.C[C@H](O)[C@@H]1C[C@H](COC(=O)N2CCCC2)CN1C. The van der Waals surface area contributed by atoms with Crippen LogP contribution in [0.15, 0.2) is 0 Å². The van der Waals surface area contributed by atoms with Gasteiger partial charge < -0.3 is 19.6 Å². The van der Waals surface area contributed by atoms with Crippen LogP contribution in [-0.2, 0) is 4.74 Å². The van der Waals surface area contributed by atoms with Crippen molar-refractivity contribution in [2.75, 3.05) is 33.3 Å². The van der Waals surface area contributed by atoms with Crippen molar-refractivity contribution in [2.45, 2.75) is 52.2 Å². The Morgan fingerprint density at radius 1 is 1.35 bits per heavy atom. The molecule has 2 heterocycles. The Morgan fingerprint density at radius 2 is 1.95 bits per heavy atom. The molecule has 0 saturated carbocycles. The van der Waals surface area contributed by atoms with Crippen LogP contribution < -0.4 is 0 Å². The van der Waals surface area contributed by atoms with E-state index in [-0.39, 0.29) is 18.2 Å². The third-order valence-electron chi connectivity index (χ3n) is 4.05. The van der Waals surface area contributed by atoms with Crippen molar-refractivity contribution in [1.29, 1.82) is 0 Å². The minimum Gasteiger partial charge on any atom is -0.449 e. The van der Waals surface area contributed by atoms with Crippen molar-refractivity contribution in [3.63, 3.8) is 0 Å². The summed E-state index contributed by atoms with van der Waals surface area (Å²) in [5, 5.41) is 9.63. The minimum atomic E-state index is -0.325. The number of rotatable bonds is 3. The zero-order valence-electron chi connectivity index (χ0n) is 13.3. The monoisotopic (exact) mass is 286 g/mol. The number of hydrogen-bond acceptors (Lipinski definition) is 4. The van der Waals surface area contributed by atoms with Crippen LogP contribution in [0.25, 0.3) is 0 Å². The second-order valence-corrected chi connectivity index (χ2v) is 5.62. The lowest BCUT2D eigenvalue weighted by atomic mass is 10.0. The second kappa shape index (κ2) is 8.47. The fourth-order valence-electron chi connectivity index (χ4n) is 3.00. The highest BCUT2D eigenvalue weighted by molar-refractivity contribution is 5.67. The molecule has 5 heteroatoms. The summed E-state index contributed by atoms with van der Waals surface area (Å²) in [6.45, 7) is 8.85. The largest absolute Gasteiger partial charge is 0.449 e. The fourth-order valence-corrected chi connectivity index (χ4v) is 3.00. The molecular weight excluding hydrogens is 256 g/mol. The molecule has 1 N–H and O–H groups in total. The van der Waals surface area contributed by atoms with Gasteiger partial charge in [0.1, 0.15) is 0 Å². The topological polar surface area (TPSA) is 53.0 Å². The van der Waals surface area contributed by atoms with Gasteiger partial charge >= 0.3 is 6.09 Å². The summed E-state index contributed by atoms with van der Waals surface area (Å²) < 4.78 is 5.36. The first-order chi connectivity index (χ1) is 9.58. The summed E-state index contributed by atoms with van der Waals surface area (Å²) in [6.07, 6.45) is 2.59. The lowest BCUT2D eigenvalue weighted by Crippen LogP contribution is -2.34. The first-order valence-electron chi connectivity index (χ1n) is 7.88. The molecule has 118 valence electrons. The number of carbonyl (C=O) groups is 1. The van der Waals surface area contributed by atoms with E-state index in [1.54, 1.807) is 4.90 Å². The molecule has 0 spiro atoms. The van der Waals surface area contributed by atoms with Crippen LogP contribution in [0, 0.1) is 5.92 Å². The molecule has 2 rings (SSSR count). The van der Waals surface area contributed by atoms with Gasteiger partial charge in [0.2, 0.25) is 0 Å². The van der Waals surface area contributed by atoms with Crippen LogP contribution in [-0.4, -0.2) is 66.4 Å². The molecule has 0 aliphatic carbocycles. The van der Waals surface area contributed by atoms with Gasteiger partial charge in [-0.05, 0) is 33.2 Å². The number of nitrogens with zero attached hydrogens (tertiary/aromatic N) is 2. The number of aliphatic hydroxyl groups excluding tert-OH is 1. The molecule has 1 amide bonds. The average molecular weight is 286 g/mol. The molecule has 3 atom stereocenters. The summed E-state index contributed by atoms with van der Waals surface area (Å²) >= 11 is 0. The summed E-state index contributed by atoms with van der Waals surface area (Å²) in [6, 6.07) is 0.195. The predicted molar refractivity (Wildman–Crippen MR) is 79.7 cm³/mol. The van der Waals surface area contributed by atoms with Crippen molar-refractivity contribution in [1.82, 2.24) is 9.80 Å². The molecule has 0 bridgehead atoms. The van der Waals surface area contributed by atoms with E-state index in [0.717, 1.165) is 38.9 Å². The molecule has 2 aliphatic heterocycles. The van der Waals surface area contributed by atoms with Gasteiger partial charge in [-0.15, -0.1) is 0 Å². The molecule has 2 fully saturated rings. The Bertz CT molecular complexity index is 291. The normalized spacial score (nSPS) is 27.9. The Kier molecular flexibility index (Phi) is 7.30. The first kappa shape index (κ1) is 17.2. The molecule has 20 heavy (non-hydrogen) atoms. The van der Waals surface area contributed by atoms with Gasteiger partial charge in [-0.1, -0.05) is 13.8 Å². The first-order valence-corrected chi connectivity index (χ1v) is 7.88. The minimum absolute atomic E-state index is 0.171. The second-order valence-electron chi connectivity index (χ2n) is 5.62. The summed E-state index contributed by atoms with van der Waals surface area (Å²) in [5.74, 6) is 0.348. The molecule has 2 aliphatic rings.